The second kappa shape index (κ2) is 3.96. The first-order valence-corrected chi connectivity index (χ1v) is 4.55. The Morgan fingerprint density at radius 2 is 2.13 bits per heavy atom. The predicted octanol–water partition coefficient (Wildman–Crippen LogP) is 1.86. The lowest BCUT2D eigenvalue weighted by molar-refractivity contribution is 0.513. The largest absolute Gasteiger partial charge is 0.508 e. The second-order valence-electron chi connectivity index (χ2n) is 3.23. The molecule has 0 aliphatic heterocycles. The first kappa shape index (κ1) is 9.45. The standard InChI is InChI=1S/C11H11N3O/c1-9(15)11-6-13-14(8-11)7-10-2-4-12-5-3-10/h2-6,8,15H,1,7H2. The molecule has 0 spiro atoms. The van der Waals surface area contributed by atoms with E-state index in [9.17, 15) is 0 Å². The number of nitrogens with zero attached hydrogens (tertiary/aromatic N) is 3. The molecule has 4 heteroatoms. The minimum absolute atomic E-state index is 0.0379. The fourth-order valence-corrected chi connectivity index (χ4v) is 1.27. The summed E-state index contributed by atoms with van der Waals surface area (Å²) in [5.74, 6) is 0.0379. The quantitative estimate of drug-likeness (QED) is 0.771. The van der Waals surface area contributed by atoms with Crippen molar-refractivity contribution in [3.63, 3.8) is 0 Å². The van der Waals surface area contributed by atoms with Gasteiger partial charge in [-0.25, -0.2) is 0 Å². The Balaban J connectivity index is 2.15. The average molecular weight is 201 g/mol. The highest BCUT2D eigenvalue weighted by Gasteiger charge is 2.01. The summed E-state index contributed by atoms with van der Waals surface area (Å²) in [5.41, 5.74) is 1.76. The van der Waals surface area contributed by atoms with Crippen LogP contribution in [-0.4, -0.2) is 19.9 Å². The third kappa shape index (κ3) is 2.22. The summed E-state index contributed by atoms with van der Waals surface area (Å²) < 4.78 is 1.74. The van der Waals surface area contributed by atoms with Crippen molar-refractivity contribution in [2.24, 2.45) is 0 Å². The normalized spacial score (nSPS) is 10.1. The molecule has 0 radical (unpaired) electrons. The summed E-state index contributed by atoms with van der Waals surface area (Å²) in [4.78, 5) is 3.94. The molecule has 2 aromatic heterocycles. The number of aliphatic hydroxyl groups is 1. The van der Waals surface area contributed by atoms with Gasteiger partial charge in [0.25, 0.3) is 0 Å². The lowest BCUT2D eigenvalue weighted by Crippen LogP contribution is -1.99. The zero-order valence-electron chi connectivity index (χ0n) is 8.17. The number of aromatic nitrogens is 3. The molecule has 76 valence electrons. The Morgan fingerprint density at radius 3 is 2.73 bits per heavy atom. The molecular weight excluding hydrogens is 190 g/mol. The maximum absolute atomic E-state index is 9.15. The average Bonchev–Trinajstić information content (AvgIpc) is 2.68. The Kier molecular flexibility index (Phi) is 2.49. The predicted molar refractivity (Wildman–Crippen MR) is 57.2 cm³/mol. The van der Waals surface area contributed by atoms with Crippen LogP contribution >= 0.6 is 0 Å². The van der Waals surface area contributed by atoms with E-state index in [1.165, 1.54) is 0 Å². The summed E-state index contributed by atoms with van der Waals surface area (Å²) in [6.45, 7) is 4.10. The van der Waals surface area contributed by atoms with Crippen LogP contribution in [-0.2, 0) is 6.54 Å². The highest BCUT2D eigenvalue weighted by atomic mass is 16.3. The molecule has 0 bridgehead atoms. The molecule has 0 aliphatic rings. The SMILES string of the molecule is C=C(O)c1cnn(Cc2ccncc2)c1. The molecule has 4 nitrogen and oxygen atoms in total. The molecule has 0 unspecified atom stereocenters. The van der Waals surface area contributed by atoms with Crippen LogP contribution in [0, 0.1) is 0 Å². The molecule has 2 heterocycles. The Hall–Kier alpha value is -2.10. The van der Waals surface area contributed by atoms with Crippen LogP contribution in [0.4, 0.5) is 0 Å². The van der Waals surface area contributed by atoms with Crippen molar-refractivity contribution in [2.75, 3.05) is 0 Å². The van der Waals surface area contributed by atoms with Crippen LogP contribution in [0.25, 0.3) is 5.76 Å². The van der Waals surface area contributed by atoms with Crippen LogP contribution in [0.2, 0.25) is 0 Å². The minimum atomic E-state index is 0.0379. The van der Waals surface area contributed by atoms with Gasteiger partial charge >= 0.3 is 0 Å². The second-order valence-corrected chi connectivity index (χ2v) is 3.23. The highest BCUT2D eigenvalue weighted by molar-refractivity contribution is 5.53. The third-order valence-electron chi connectivity index (χ3n) is 2.06. The molecule has 15 heavy (non-hydrogen) atoms. The van der Waals surface area contributed by atoms with Gasteiger partial charge in [0, 0.05) is 18.6 Å². The molecular formula is C11H11N3O. The molecule has 2 rings (SSSR count). The van der Waals surface area contributed by atoms with E-state index in [0.29, 0.717) is 12.1 Å². The van der Waals surface area contributed by atoms with E-state index in [1.54, 1.807) is 29.5 Å². The van der Waals surface area contributed by atoms with E-state index < -0.39 is 0 Å². The summed E-state index contributed by atoms with van der Waals surface area (Å²) in [5, 5.41) is 13.3. The summed E-state index contributed by atoms with van der Waals surface area (Å²) in [6, 6.07) is 3.85. The molecule has 0 amide bonds. The Morgan fingerprint density at radius 1 is 1.40 bits per heavy atom. The van der Waals surface area contributed by atoms with Gasteiger partial charge in [-0.3, -0.25) is 9.67 Å². The fraction of sp³-hybridized carbons (Fsp3) is 0.0909. The first-order valence-electron chi connectivity index (χ1n) is 4.55. The Bertz CT molecular complexity index is 462. The van der Waals surface area contributed by atoms with Crippen molar-refractivity contribution in [1.29, 1.82) is 0 Å². The summed E-state index contributed by atoms with van der Waals surface area (Å²) in [7, 11) is 0. The molecule has 0 atom stereocenters. The number of hydrogen-bond donors (Lipinski definition) is 1. The van der Waals surface area contributed by atoms with Gasteiger partial charge in [-0.15, -0.1) is 0 Å². The van der Waals surface area contributed by atoms with E-state index in [1.807, 2.05) is 12.1 Å². The van der Waals surface area contributed by atoms with Gasteiger partial charge in [-0.2, -0.15) is 5.10 Å². The molecule has 2 aromatic rings. The number of hydrogen-bond acceptors (Lipinski definition) is 3. The van der Waals surface area contributed by atoms with Gasteiger partial charge in [-0.1, -0.05) is 6.58 Å². The molecule has 0 aromatic carbocycles. The van der Waals surface area contributed by atoms with Crippen molar-refractivity contribution in [2.45, 2.75) is 6.54 Å². The van der Waals surface area contributed by atoms with Gasteiger partial charge < -0.3 is 5.11 Å². The van der Waals surface area contributed by atoms with Crippen molar-refractivity contribution in [3.05, 3.63) is 54.6 Å². The van der Waals surface area contributed by atoms with Crippen LogP contribution in [0.1, 0.15) is 11.1 Å². The smallest absolute Gasteiger partial charge is 0.118 e. The number of aliphatic hydroxyl groups excluding tert-OH is 1. The third-order valence-corrected chi connectivity index (χ3v) is 2.06. The zero-order chi connectivity index (χ0) is 10.7. The van der Waals surface area contributed by atoms with E-state index in [2.05, 4.69) is 16.7 Å². The fourth-order valence-electron chi connectivity index (χ4n) is 1.27. The monoisotopic (exact) mass is 201 g/mol. The van der Waals surface area contributed by atoms with Crippen molar-refractivity contribution >= 4 is 5.76 Å². The van der Waals surface area contributed by atoms with Crippen LogP contribution < -0.4 is 0 Å². The molecule has 0 aliphatic carbocycles. The minimum Gasteiger partial charge on any atom is -0.508 e. The maximum atomic E-state index is 9.15. The van der Waals surface area contributed by atoms with Crippen LogP contribution in [0.5, 0.6) is 0 Å². The lowest BCUT2D eigenvalue weighted by Gasteiger charge is -2.00. The van der Waals surface area contributed by atoms with Gasteiger partial charge in [0.05, 0.1) is 18.3 Å². The topological polar surface area (TPSA) is 50.9 Å². The van der Waals surface area contributed by atoms with Gasteiger partial charge in [0.1, 0.15) is 5.76 Å². The van der Waals surface area contributed by atoms with Crippen LogP contribution in [0.3, 0.4) is 0 Å². The molecule has 0 saturated carbocycles. The Labute approximate surface area is 87.5 Å². The van der Waals surface area contributed by atoms with Crippen molar-refractivity contribution in [3.8, 4) is 0 Å². The zero-order valence-corrected chi connectivity index (χ0v) is 8.17. The van der Waals surface area contributed by atoms with Crippen molar-refractivity contribution in [1.82, 2.24) is 14.8 Å². The van der Waals surface area contributed by atoms with E-state index >= 15 is 0 Å². The van der Waals surface area contributed by atoms with Crippen LogP contribution in [0.15, 0.2) is 43.5 Å². The lowest BCUT2D eigenvalue weighted by atomic mass is 10.3. The van der Waals surface area contributed by atoms with E-state index in [4.69, 9.17) is 5.11 Å². The summed E-state index contributed by atoms with van der Waals surface area (Å²) in [6.07, 6.45) is 6.82. The van der Waals surface area contributed by atoms with Crippen molar-refractivity contribution < 1.29 is 5.11 Å². The maximum Gasteiger partial charge on any atom is 0.118 e. The highest BCUT2D eigenvalue weighted by Crippen LogP contribution is 2.08. The summed E-state index contributed by atoms with van der Waals surface area (Å²) >= 11 is 0. The number of rotatable bonds is 3. The van der Waals surface area contributed by atoms with E-state index in [0.717, 1.165) is 5.56 Å². The molecule has 0 fully saturated rings. The number of pyridine rings is 1. The van der Waals surface area contributed by atoms with Gasteiger partial charge in [-0.05, 0) is 17.7 Å². The first-order chi connectivity index (χ1) is 7.25. The van der Waals surface area contributed by atoms with E-state index in [-0.39, 0.29) is 5.76 Å². The van der Waals surface area contributed by atoms with Gasteiger partial charge in [0.2, 0.25) is 0 Å². The van der Waals surface area contributed by atoms with Gasteiger partial charge in [0.15, 0.2) is 0 Å². The molecule has 1 N–H and O–H groups in total. The molecule has 0 saturated heterocycles.